The van der Waals surface area contributed by atoms with E-state index in [1.165, 1.54) is 55.2 Å². The number of rotatable bonds is 5. The molecule has 0 amide bonds. The fraction of sp³-hybridized carbons (Fsp3) is 0.367. The topological polar surface area (TPSA) is 12.4 Å². The molecule has 0 N–H and O–H groups in total. The fourth-order valence-corrected chi connectivity index (χ4v) is 7.35. The zero-order valence-electron chi connectivity index (χ0n) is 18.2. The van der Waals surface area contributed by atoms with E-state index in [-0.39, 0.29) is 6.04 Å². The van der Waals surface area contributed by atoms with Crippen molar-refractivity contribution in [3.63, 3.8) is 0 Å². The maximum absolute atomic E-state index is 5.69. The molecule has 4 aliphatic carbocycles. The molecule has 0 spiro atoms. The molecule has 7 rings (SSSR count). The average Bonchev–Trinajstić information content (AvgIpc) is 2.80. The van der Waals surface area contributed by atoms with E-state index in [0.717, 1.165) is 23.5 Å². The minimum absolute atomic E-state index is 0.234. The van der Waals surface area contributed by atoms with Crippen LogP contribution in [-0.4, -0.2) is 5.71 Å². The van der Waals surface area contributed by atoms with E-state index < -0.39 is 0 Å². The largest absolute Gasteiger partial charge is 0.275 e. The summed E-state index contributed by atoms with van der Waals surface area (Å²) in [4.78, 5) is 5.69. The van der Waals surface area contributed by atoms with E-state index in [4.69, 9.17) is 4.99 Å². The molecular formula is C30H31N. The summed E-state index contributed by atoms with van der Waals surface area (Å²) < 4.78 is 0. The first kappa shape index (κ1) is 19.0. The van der Waals surface area contributed by atoms with E-state index in [9.17, 15) is 0 Å². The second kappa shape index (κ2) is 7.79. The highest BCUT2D eigenvalue weighted by molar-refractivity contribution is 6.13. The molecule has 1 atom stereocenters. The van der Waals surface area contributed by atoms with Crippen LogP contribution in [-0.2, 0) is 0 Å². The Morgan fingerprint density at radius 1 is 0.613 bits per heavy atom. The van der Waals surface area contributed by atoms with Gasteiger partial charge in [-0.1, -0.05) is 91.0 Å². The molecule has 0 heterocycles. The summed E-state index contributed by atoms with van der Waals surface area (Å²) in [5, 5.41) is 0. The Hall–Kier alpha value is -2.67. The molecule has 4 fully saturated rings. The first-order valence-corrected chi connectivity index (χ1v) is 12.0. The van der Waals surface area contributed by atoms with Crippen LogP contribution in [0, 0.1) is 23.2 Å². The Morgan fingerprint density at radius 2 is 1.03 bits per heavy atom. The molecule has 0 aliphatic heterocycles. The smallest absolute Gasteiger partial charge is 0.0813 e. The number of hydrogen-bond donors (Lipinski definition) is 0. The molecule has 0 aromatic heterocycles. The van der Waals surface area contributed by atoms with Crippen LogP contribution < -0.4 is 0 Å². The third-order valence-electron chi connectivity index (χ3n) is 8.13. The van der Waals surface area contributed by atoms with Crippen LogP contribution in [0.2, 0.25) is 0 Å². The number of hydrogen-bond acceptors (Lipinski definition) is 1. The van der Waals surface area contributed by atoms with Gasteiger partial charge in [-0.3, -0.25) is 4.99 Å². The summed E-state index contributed by atoms with van der Waals surface area (Å²) in [7, 11) is 0. The molecule has 3 aromatic rings. The van der Waals surface area contributed by atoms with Crippen molar-refractivity contribution < 1.29 is 0 Å². The highest BCUT2D eigenvalue weighted by Gasteiger charge is 2.54. The normalized spacial score (nSPS) is 29.5. The molecule has 156 valence electrons. The van der Waals surface area contributed by atoms with Gasteiger partial charge in [0.15, 0.2) is 0 Å². The summed E-state index contributed by atoms with van der Waals surface area (Å²) in [6.45, 7) is 0. The highest BCUT2D eigenvalue weighted by atomic mass is 14.9. The van der Waals surface area contributed by atoms with Crippen LogP contribution in [0.25, 0.3) is 0 Å². The van der Waals surface area contributed by atoms with Gasteiger partial charge in [-0.15, -0.1) is 0 Å². The Kier molecular flexibility index (Phi) is 4.78. The van der Waals surface area contributed by atoms with Crippen molar-refractivity contribution in [2.75, 3.05) is 0 Å². The summed E-state index contributed by atoms with van der Waals surface area (Å²) >= 11 is 0. The van der Waals surface area contributed by atoms with Crippen molar-refractivity contribution in [2.24, 2.45) is 28.2 Å². The van der Waals surface area contributed by atoms with Crippen molar-refractivity contribution >= 4 is 5.71 Å². The van der Waals surface area contributed by atoms with Crippen molar-refractivity contribution in [3.05, 3.63) is 108 Å². The van der Waals surface area contributed by atoms with Gasteiger partial charge in [-0.25, -0.2) is 0 Å². The van der Waals surface area contributed by atoms with E-state index >= 15 is 0 Å². The second-order valence-corrected chi connectivity index (χ2v) is 10.3. The maximum atomic E-state index is 5.69. The lowest BCUT2D eigenvalue weighted by Crippen LogP contribution is -2.48. The first-order valence-electron chi connectivity index (χ1n) is 12.0. The van der Waals surface area contributed by atoms with Gasteiger partial charge in [0.25, 0.3) is 0 Å². The molecule has 0 saturated heterocycles. The van der Waals surface area contributed by atoms with Crippen molar-refractivity contribution in [1.29, 1.82) is 0 Å². The summed E-state index contributed by atoms with van der Waals surface area (Å²) in [6.07, 6.45) is 8.48. The number of nitrogens with zero attached hydrogens (tertiary/aromatic N) is 1. The van der Waals surface area contributed by atoms with Gasteiger partial charge in [-0.2, -0.15) is 0 Å². The quantitative estimate of drug-likeness (QED) is 0.390. The van der Waals surface area contributed by atoms with Crippen LogP contribution in [0.1, 0.15) is 61.3 Å². The standard InChI is InChI=1S/C30H31N/c1-4-10-25(11-5-1)28(26-12-6-2-7-13-26)31-29(27-14-8-3-9-15-27)30-19-22-16-23(20-30)18-24(17-22)21-30/h1-15,22-24,29H,16-21H2. The molecule has 1 nitrogen and oxygen atoms in total. The van der Waals surface area contributed by atoms with Gasteiger partial charge >= 0.3 is 0 Å². The van der Waals surface area contributed by atoms with E-state index in [0.29, 0.717) is 5.41 Å². The molecule has 1 heteroatoms. The zero-order chi connectivity index (χ0) is 20.7. The number of aliphatic imine (C=N–C) groups is 1. The second-order valence-electron chi connectivity index (χ2n) is 10.3. The van der Waals surface area contributed by atoms with Crippen LogP contribution in [0.4, 0.5) is 0 Å². The van der Waals surface area contributed by atoms with E-state index in [1.807, 2.05) is 0 Å². The SMILES string of the molecule is c1ccc(C(=NC(c2ccccc2)C23CC4CC(CC(C4)C2)C3)c2ccccc2)cc1. The third-order valence-corrected chi connectivity index (χ3v) is 8.13. The van der Waals surface area contributed by atoms with Gasteiger partial charge in [0.05, 0.1) is 11.8 Å². The molecule has 1 unspecified atom stereocenters. The van der Waals surface area contributed by atoms with E-state index in [2.05, 4.69) is 91.0 Å². The van der Waals surface area contributed by atoms with Crippen LogP contribution in [0.15, 0.2) is 96.0 Å². The van der Waals surface area contributed by atoms with E-state index in [1.54, 1.807) is 0 Å². The van der Waals surface area contributed by atoms with Crippen molar-refractivity contribution in [2.45, 2.75) is 44.6 Å². The third kappa shape index (κ3) is 3.55. The summed E-state index contributed by atoms with van der Waals surface area (Å²) in [6, 6.07) is 33.0. The lowest BCUT2D eigenvalue weighted by Gasteiger charge is -2.58. The maximum Gasteiger partial charge on any atom is 0.0813 e. The van der Waals surface area contributed by atoms with Crippen molar-refractivity contribution in [1.82, 2.24) is 0 Å². The molecule has 4 aliphatic rings. The van der Waals surface area contributed by atoms with Crippen LogP contribution in [0.5, 0.6) is 0 Å². The van der Waals surface area contributed by atoms with Gasteiger partial charge < -0.3 is 0 Å². The lowest BCUT2D eigenvalue weighted by atomic mass is 9.47. The Balaban J connectivity index is 1.52. The first-order chi connectivity index (χ1) is 15.3. The van der Waals surface area contributed by atoms with Gasteiger partial charge in [0, 0.05) is 11.1 Å². The average molecular weight is 406 g/mol. The molecule has 31 heavy (non-hydrogen) atoms. The summed E-state index contributed by atoms with van der Waals surface area (Å²) in [5.41, 5.74) is 5.31. The van der Waals surface area contributed by atoms with Gasteiger partial charge in [0.2, 0.25) is 0 Å². The van der Waals surface area contributed by atoms with Gasteiger partial charge in [0.1, 0.15) is 0 Å². The zero-order valence-corrected chi connectivity index (χ0v) is 18.2. The number of benzene rings is 3. The molecular weight excluding hydrogens is 374 g/mol. The Labute approximate surface area is 186 Å². The predicted molar refractivity (Wildman–Crippen MR) is 128 cm³/mol. The molecule has 4 saturated carbocycles. The minimum Gasteiger partial charge on any atom is -0.275 e. The van der Waals surface area contributed by atoms with Gasteiger partial charge in [-0.05, 0) is 67.3 Å². The predicted octanol–water partition coefficient (Wildman–Crippen LogP) is 7.48. The van der Waals surface area contributed by atoms with Crippen LogP contribution >= 0.6 is 0 Å². The Morgan fingerprint density at radius 3 is 1.48 bits per heavy atom. The Bertz CT molecular complexity index is 975. The molecule has 0 radical (unpaired) electrons. The fourth-order valence-electron chi connectivity index (χ4n) is 7.35. The lowest BCUT2D eigenvalue weighted by molar-refractivity contribution is -0.0672. The molecule has 4 bridgehead atoms. The molecule has 3 aromatic carbocycles. The van der Waals surface area contributed by atoms with Crippen LogP contribution in [0.3, 0.4) is 0 Å². The summed E-state index contributed by atoms with van der Waals surface area (Å²) in [5.74, 6) is 2.76. The highest BCUT2D eigenvalue weighted by Crippen LogP contribution is 2.65. The monoisotopic (exact) mass is 405 g/mol. The minimum atomic E-state index is 0.234. The van der Waals surface area contributed by atoms with Crippen molar-refractivity contribution in [3.8, 4) is 0 Å².